The number of nitrogens with one attached hydrogen (secondary N) is 1. The lowest BCUT2D eigenvalue weighted by molar-refractivity contribution is -0.122. The van der Waals surface area contributed by atoms with Crippen molar-refractivity contribution >= 4 is 23.2 Å². The molecule has 1 heterocycles. The van der Waals surface area contributed by atoms with E-state index in [9.17, 15) is 9.59 Å². The number of amides is 2. The molecule has 1 aliphatic heterocycles. The van der Waals surface area contributed by atoms with E-state index in [1.807, 2.05) is 25.1 Å². The largest absolute Gasteiger partial charge is 0.375 e. The van der Waals surface area contributed by atoms with Gasteiger partial charge in [0.2, 0.25) is 5.91 Å². The Kier molecular flexibility index (Phi) is 3.62. The molecule has 0 saturated heterocycles. The van der Waals surface area contributed by atoms with Crippen LogP contribution < -0.4 is 10.2 Å². The topological polar surface area (TPSA) is 58.6 Å². The minimum atomic E-state index is -0.184. The van der Waals surface area contributed by atoms with Crippen molar-refractivity contribution in [2.24, 2.45) is 0 Å². The van der Waals surface area contributed by atoms with Gasteiger partial charge in [-0.1, -0.05) is 12.1 Å². The van der Waals surface area contributed by atoms with Crippen molar-refractivity contribution in [1.82, 2.24) is 0 Å². The molecule has 0 spiro atoms. The number of hydrogen-bond acceptors (Lipinski definition) is 3. The number of para-hydroxylation sites is 2. The minimum Gasteiger partial charge on any atom is -0.375 e. The molecule has 0 aromatic heterocycles. The SMILES string of the molecule is COCC(=O)N1c2ccccc2NC(=O)C[C@@H]1C. The fraction of sp³-hybridized carbons (Fsp3) is 0.385. The highest BCUT2D eigenvalue weighted by atomic mass is 16.5. The summed E-state index contributed by atoms with van der Waals surface area (Å²) in [6, 6.07) is 7.10. The highest BCUT2D eigenvalue weighted by molar-refractivity contribution is 6.04. The van der Waals surface area contributed by atoms with Crippen LogP contribution in [-0.2, 0) is 14.3 Å². The maximum absolute atomic E-state index is 12.1. The molecule has 0 saturated carbocycles. The van der Waals surface area contributed by atoms with Gasteiger partial charge in [0.25, 0.3) is 5.91 Å². The lowest BCUT2D eigenvalue weighted by Gasteiger charge is -2.27. The van der Waals surface area contributed by atoms with Crippen molar-refractivity contribution in [3.05, 3.63) is 24.3 Å². The van der Waals surface area contributed by atoms with E-state index in [1.165, 1.54) is 7.11 Å². The van der Waals surface area contributed by atoms with Gasteiger partial charge in [0.1, 0.15) is 6.61 Å². The predicted molar refractivity (Wildman–Crippen MR) is 68.5 cm³/mol. The minimum absolute atomic E-state index is 0.00681. The molecule has 0 fully saturated rings. The van der Waals surface area contributed by atoms with Gasteiger partial charge in [-0.15, -0.1) is 0 Å². The van der Waals surface area contributed by atoms with Crippen LogP contribution in [0.5, 0.6) is 0 Å². The number of nitrogens with zero attached hydrogens (tertiary/aromatic N) is 1. The molecule has 1 N–H and O–H groups in total. The fourth-order valence-electron chi connectivity index (χ4n) is 2.16. The maximum atomic E-state index is 12.1. The van der Waals surface area contributed by atoms with Gasteiger partial charge in [-0.05, 0) is 19.1 Å². The summed E-state index contributed by atoms with van der Waals surface area (Å²) >= 11 is 0. The standard InChI is InChI=1S/C13H16N2O3/c1-9-7-12(16)14-10-5-3-4-6-11(10)15(9)13(17)8-18-2/h3-6,9H,7-8H2,1-2H3,(H,14,16)/t9-/m0/s1. The van der Waals surface area contributed by atoms with Crippen LogP contribution in [-0.4, -0.2) is 31.6 Å². The van der Waals surface area contributed by atoms with E-state index in [-0.39, 0.29) is 30.9 Å². The average molecular weight is 248 g/mol. The van der Waals surface area contributed by atoms with E-state index < -0.39 is 0 Å². The summed E-state index contributed by atoms with van der Waals surface area (Å²) in [6.45, 7) is 1.86. The van der Waals surface area contributed by atoms with Crippen molar-refractivity contribution < 1.29 is 14.3 Å². The Balaban J connectivity index is 2.43. The lowest BCUT2D eigenvalue weighted by atomic mass is 10.1. The molecule has 0 aliphatic carbocycles. The first-order valence-electron chi connectivity index (χ1n) is 5.83. The van der Waals surface area contributed by atoms with Crippen LogP contribution in [0.4, 0.5) is 11.4 Å². The van der Waals surface area contributed by atoms with Crippen molar-refractivity contribution in [2.75, 3.05) is 23.9 Å². The molecule has 18 heavy (non-hydrogen) atoms. The van der Waals surface area contributed by atoms with E-state index >= 15 is 0 Å². The third kappa shape index (κ3) is 2.36. The van der Waals surface area contributed by atoms with E-state index in [0.717, 1.165) is 5.69 Å². The van der Waals surface area contributed by atoms with E-state index in [0.29, 0.717) is 5.69 Å². The van der Waals surface area contributed by atoms with Gasteiger partial charge >= 0.3 is 0 Å². The molecule has 0 unspecified atom stereocenters. The number of methoxy groups -OCH3 is 1. The number of hydrogen-bond donors (Lipinski definition) is 1. The Hall–Kier alpha value is -1.88. The van der Waals surface area contributed by atoms with E-state index in [2.05, 4.69) is 5.32 Å². The molecule has 5 nitrogen and oxygen atoms in total. The van der Waals surface area contributed by atoms with Crippen LogP contribution in [0.1, 0.15) is 13.3 Å². The maximum Gasteiger partial charge on any atom is 0.253 e. The first-order chi connectivity index (χ1) is 8.63. The zero-order valence-electron chi connectivity index (χ0n) is 10.5. The summed E-state index contributed by atoms with van der Waals surface area (Å²) in [5.41, 5.74) is 1.38. The van der Waals surface area contributed by atoms with Crippen LogP contribution in [0.2, 0.25) is 0 Å². The first kappa shape index (κ1) is 12.6. The molecule has 0 bridgehead atoms. The molecule has 1 atom stereocenters. The first-order valence-corrected chi connectivity index (χ1v) is 5.83. The normalized spacial score (nSPS) is 18.9. The molecule has 5 heteroatoms. The van der Waals surface area contributed by atoms with Gasteiger partial charge < -0.3 is 15.0 Å². The highest BCUT2D eigenvalue weighted by Crippen LogP contribution is 2.31. The van der Waals surface area contributed by atoms with Crippen LogP contribution >= 0.6 is 0 Å². The zero-order valence-corrected chi connectivity index (χ0v) is 10.5. The number of benzene rings is 1. The molecule has 1 aromatic carbocycles. The molecule has 2 amide bonds. The molecule has 96 valence electrons. The smallest absolute Gasteiger partial charge is 0.253 e. The van der Waals surface area contributed by atoms with Crippen molar-refractivity contribution in [3.63, 3.8) is 0 Å². The second-order valence-corrected chi connectivity index (χ2v) is 4.32. The zero-order chi connectivity index (χ0) is 13.1. The summed E-state index contributed by atoms with van der Waals surface area (Å²) in [7, 11) is 1.48. The molecule has 1 aliphatic rings. The second-order valence-electron chi connectivity index (χ2n) is 4.32. The van der Waals surface area contributed by atoms with Gasteiger partial charge in [0.05, 0.1) is 11.4 Å². The molecular formula is C13H16N2O3. The third-order valence-corrected chi connectivity index (χ3v) is 2.90. The number of fused-ring (bicyclic) bond motifs is 1. The third-order valence-electron chi connectivity index (χ3n) is 2.90. The second kappa shape index (κ2) is 5.18. The number of ether oxygens (including phenoxy) is 1. The summed E-state index contributed by atoms with van der Waals surface area (Å²) < 4.78 is 4.89. The van der Waals surface area contributed by atoms with Gasteiger partial charge in [-0.3, -0.25) is 9.59 Å². The molecule has 2 rings (SSSR count). The van der Waals surface area contributed by atoms with Crippen LogP contribution in [0.3, 0.4) is 0 Å². The quantitative estimate of drug-likeness (QED) is 0.860. The molecule has 1 aromatic rings. The van der Waals surface area contributed by atoms with Crippen molar-refractivity contribution in [3.8, 4) is 0 Å². The van der Waals surface area contributed by atoms with Gasteiger partial charge in [0, 0.05) is 19.6 Å². The van der Waals surface area contributed by atoms with Crippen molar-refractivity contribution in [2.45, 2.75) is 19.4 Å². The Morgan fingerprint density at radius 3 is 2.94 bits per heavy atom. The summed E-state index contributed by atoms with van der Waals surface area (Å²) in [6.07, 6.45) is 0.282. The Bertz CT molecular complexity index is 473. The number of rotatable bonds is 2. The van der Waals surface area contributed by atoms with Crippen LogP contribution in [0.25, 0.3) is 0 Å². The van der Waals surface area contributed by atoms with E-state index in [1.54, 1.807) is 11.0 Å². The number of anilines is 2. The summed E-state index contributed by atoms with van der Waals surface area (Å²) in [4.78, 5) is 25.4. The van der Waals surface area contributed by atoms with Gasteiger partial charge in [-0.25, -0.2) is 0 Å². The number of carbonyl (C=O) groups excluding carboxylic acids is 2. The lowest BCUT2D eigenvalue weighted by Crippen LogP contribution is -2.41. The number of carbonyl (C=O) groups is 2. The Morgan fingerprint density at radius 2 is 2.22 bits per heavy atom. The highest BCUT2D eigenvalue weighted by Gasteiger charge is 2.29. The van der Waals surface area contributed by atoms with Crippen LogP contribution in [0.15, 0.2) is 24.3 Å². The Labute approximate surface area is 106 Å². The van der Waals surface area contributed by atoms with Crippen LogP contribution in [0, 0.1) is 0 Å². The summed E-state index contributed by atoms with van der Waals surface area (Å²) in [5.74, 6) is -0.225. The van der Waals surface area contributed by atoms with Gasteiger partial charge in [-0.2, -0.15) is 0 Å². The van der Waals surface area contributed by atoms with Crippen molar-refractivity contribution in [1.29, 1.82) is 0 Å². The van der Waals surface area contributed by atoms with Gasteiger partial charge in [0.15, 0.2) is 0 Å². The average Bonchev–Trinajstić information content (AvgIpc) is 2.43. The monoisotopic (exact) mass is 248 g/mol. The fourth-order valence-corrected chi connectivity index (χ4v) is 2.16. The Morgan fingerprint density at radius 1 is 1.50 bits per heavy atom. The summed E-state index contributed by atoms with van der Waals surface area (Å²) in [5, 5.41) is 2.81. The van der Waals surface area contributed by atoms with E-state index in [4.69, 9.17) is 4.74 Å². The molecule has 0 radical (unpaired) electrons. The molecular weight excluding hydrogens is 232 g/mol. The predicted octanol–water partition coefficient (Wildman–Crippen LogP) is 1.40.